The van der Waals surface area contributed by atoms with Crippen molar-refractivity contribution in [1.82, 2.24) is 9.55 Å². The summed E-state index contributed by atoms with van der Waals surface area (Å²) in [6.07, 6.45) is 0. The number of aromatic nitrogens is 2. The van der Waals surface area contributed by atoms with Crippen molar-refractivity contribution in [3.8, 4) is 11.5 Å². The van der Waals surface area contributed by atoms with Crippen molar-refractivity contribution in [3.05, 3.63) is 81.0 Å². The van der Waals surface area contributed by atoms with Gasteiger partial charge in [-0.2, -0.15) is 0 Å². The quantitative estimate of drug-likeness (QED) is 0.340. The molecule has 5 rings (SSSR count). The fraction of sp³-hybridized carbons (Fsp3) is 0.182. The first-order chi connectivity index (χ1) is 14.2. The van der Waals surface area contributed by atoms with E-state index in [0.717, 1.165) is 33.5 Å². The summed E-state index contributed by atoms with van der Waals surface area (Å²) in [4.78, 5) is 17.9. The van der Waals surface area contributed by atoms with Crippen molar-refractivity contribution in [2.75, 3.05) is 6.79 Å². The highest BCUT2D eigenvalue weighted by atomic mass is 32.2. The zero-order valence-corrected chi connectivity index (χ0v) is 17.4. The number of ether oxygens (including phenoxy) is 2. The van der Waals surface area contributed by atoms with Gasteiger partial charge in [0.2, 0.25) is 6.79 Å². The van der Waals surface area contributed by atoms with Crippen LogP contribution in [0.3, 0.4) is 0 Å². The Morgan fingerprint density at radius 3 is 2.72 bits per heavy atom. The molecular weight excluding hydrogens is 404 g/mol. The molecule has 0 spiro atoms. The van der Waals surface area contributed by atoms with Gasteiger partial charge in [-0.15, -0.1) is 11.3 Å². The predicted octanol–water partition coefficient (Wildman–Crippen LogP) is 4.84. The van der Waals surface area contributed by atoms with Crippen LogP contribution in [0.5, 0.6) is 11.5 Å². The predicted molar refractivity (Wildman–Crippen MR) is 116 cm³/mol. The first-order valence-corrected chi connectivity index (χ1v) is 11.1. The lowest BCUT2D eigenvalue weighted by atomic mass is 10.2. The van der Waals surface area contributed by atoms with Gasteiger partial charge in [0.1, 0.15) is 4.70 Å². The van der Waals surface area contributed by atoms with Crippen molar-refractivity contribution in [1.29, 1.82) is 0 Å². The molecule has 0 aliphatic carbocycles. The molecule has 2 aromatic carbocycles. The molecule has 0 N–H and O–H groups in total. The van der Waals surface area contributed by atoms with Crippen molar-refractivity contribution in [3.63, 3.8) is 0 Å². The average Bonchev–Trinajstić information content (AvgIpc) is 3.39. The normalized spacial score (nSPS) is 12.6. The van der Waals surface area contributed by atoms with E-state index in [1.807, 2.05) is 29.6 Å². The molecule has 0 saturated heterocycles. The Labute approximate surface area is 175 Å². The van der Waals surface area contributed by atoms with Gasteiger partial charge in [-0.3, -0.25) is 9.36 Å². The van der Waals surface area contributed by atoms with Crippen molar-refractivity contribution in [2.24, 2.45) is 0 Å². The molecule has 0 bridgehead atoms. The summed E-state index contributed by atoms with van der Waals surface area (Å²) < 4.78 is 13.3. The summed E-state index contributed by atoms with van der Waals surface area (Å²) in [6.45, 7) is 2.75. The van der Waals surface area contributed by atoms with Crippen molar-refractivity contribution < 1.29 is 9.47 Å². The lowest BCUT2D eigenvalue weighted by molar-refractivity contribution is 0.174. The van der Waals surface area contributed by atoms with E-state index < -0.39 is 0 Å². The summed E-state index contributed by atoms with van der Waals surface area (Å²) in [5, 5.41) is 2.64. The maximum absolute atomic E-state index is 13.2. The van der Waals surface area contributed by atoms with Crippen LogP contribution >= 0.6 is 23.1 Å². The number of hydrogen-bond donors (Lipinski definition) is 0. The van der Waals surface area contributed by atoms with Crippen LogP contribution in [0.2, 0.25) is 0 Å². The third kappa shape index (κ3) is 3.63. The molecule has 0 saturated carbocycles. The molecule has 0 fully saturated rings. The van der Waals surface area contributed by atoms with Gasteiger partial charge in [0.25, 0.3) is 5.56 Å². The van der Waals surface area contributed by atoms with E-state index in [9.17, 15) is 4.79 Å². The number of nitrogens with zero attached hydrogens (tertiary/aromatic N) is 2. The minimum absolute atomic E-state index is 0.00549. The van der Waals surface area contributed by atoms with Gasteiger partial charge in [-0.05, 0) is 41.6 Å². The van der Waals surface area contributed by atoms with Crippen LogP contribution in [0.1, 0.15) is 16.7 Å². The van der Waals surface area contributed by atoms with E-state index in [1.54, 1.807) is 16.3 Å². The number of thiophene rings is 1. The zero-order valence-electron chi connectivity index (χ0n) is 15.8. The van der Waals surface area contributed by atoms with Gasteiger partial charge in [0.05, 0.1) is 12.1 Å². The first kappa shape index (κ1) is 18.3. The number of hydrogen-bond acceptors (Lipinski definition) is 6. The fourth-order valence-corrected chi connectivity index (χ4v) is 4.96. The number of thioether (sulfide) groups is 1. The molecule has 0 unspecified atom stereocenters. The van der Waals surface area contributed by atoms with E-state index in [1.165, 1.54) is 22.5 Å². The minimum Gasteiger partial charge on any atom is -0.454 e. The number of benzene rings is 2. The molecule has 7 heteroatoms. The van der Waals surface area contributed by atoms with E-state index in [4.69, 9.17) is 14.5 Å². The smallest absolute Gasteiger partial charge is 0.272 e. The monoisotopic (exact) mass is 422 g/mol. The maximum atomic E-state index is 13.2. The second-order valence-corrected chi connectivity index (χ2v) is 8.74. The molecule has 146 valence electrons. The van der Waals surface area contributed by atoms with Gasteiger partial charge in [0.15, 0.2) is 16.7 Å². The highest BCUT2D eigenvalue weighted by Crippen LogP contribution is 2.33. The Morgan fingerprint density at radius 2 is 1.86 bits per heavy atom. The lowest BCUT2D eigenvalue weighted by Gasteiger charge is -2.12. The minimum atomic E-state index is -0.00549. The van der Waals surface area contributed by atoms with E-state index in [-0.39, 0.29) is 12.4 Å². The second-order valence-electron chi connectivity index (χ2n) is 6.88. The summed E-state index contributed by atoms with van der Waals surface area (Å²) in [6, 6.07) is 16.1. The van der Waals surface area contributed by atoms with E-state index in [0.29, 0.717) is 11.2 Å². The van der Waals surface area contributed by atoms with E-state index in [2.05, 4.69) is 31.2 Å². The molecule has 1 aliphatic rings. The Balaban J connectivity index is 1.50. The fourth-order valence-electron chi connectivity index (χ4n) is 3.23. The Hall–Kier alpha value is -2.77. The zero-order chi connectivity index (χ0) is 19.8. The molecular formula is C22H18N2O3S2. The van der Waals surface area contributed by atoms with Crippen LogP contribution in [-0.2, 0) is 12.3 Å². The third-order valence-electron chi connectivity index (χ3n) is 4.80. The molecule has 3 heterocycles. The molecule has 0 radical (unpaired) electrons. The molecule has 5 nitrogen and oxygen atoms in total. The molecule has 0 amide bonds. The van der Waals surface area contributed by atoms with Gasteiger partial charge in [0, 0.05) is 5.75 Å². The Morgan fingerprint density at radius 1 is 1.07 bits per heavy atom. The SMILES string of the molecule is Cc1ccc(CSc2nc3ccsc3c(=O)n2Cc2ccc3c(c2)OCO3)cc1. The Kier molecular flexibility index (Phi) is 4.77. The highest BCUT2D eigenvalue weighted by Gasteiger charge is 2.16. The van der Waals surface area contributed by atoms with E-state index >= 15 is 0 Å². The average molecular weight is 423 g/mol. The van der Waals surface area contributed by atoms with Crippen LogP contribution < -0.4 is 15.0 Å². The molecule has 0 atom stereocenters. The summed E-state index contributed by atoms with van der Waals surface area (Å²) in [7, 11) is 0. The molecule has 1 aliphatic heterocycles. The molecule has 2 aromatic heterocycles. The first-order valence-electron chi connectivity index (χ1n) is 9.22. The standard InChI is InChI=1S/C22H18N2O3S2/c1-14-2-4-15(5-3-14)12-29-22-23-17-8-9-28-20(17)21(25)24(22)11-16-6-7-18-19(10-16)27-13-26-18/h2-10H,11-13H2,1H3. The maximum Gasteiger partial charge on any atom is 0.272 e. The summed E-state index contributed by atoms with van der Waals surface area (Å²) >= 11 is 3.02. The number of rotatable bonds is 5. The highest BCUT2D eigenvalue weighted by molar-refractivity contribution is 7.98. The van der Waals surface area contributed by atoms with Crippen LogP contribution in [0.4, 0.5) is 0 Å². The Bertz CT molecular complexity index is 1250. The topological polar surface area (TPSA) is 53.4 Å². The number of aryl methyl sites for hydroxylation is 1. The van der Waals surface area contributed by atoms with Crippen molar-refractivity contribution >= 4 is 33.3 Å². The van der Waals surface area contributed by atoms with Crippen LogP contribution in [0.25, 0.3) is 10.2 Å². The van der Waals surface area contributed by atoms with Crippen LogP contribution in [0.15, 0.2) is 63.9 Å². The van der Waals surface area contributed by atoms with Gasteiger partial charge < -0.3 is 9.47 Å². The van der Waals surface area contributed by atoms with Gasteiger partial charge in [-0.25, -0.2) is 4.98 Å². The van der Waals surface area contributed by atoms with Crippen LogP contribution in [-0.4, -0.2) is 16.3 Å². The van der Waals surface area contributed by atoms with Crippen molar-refractivity contribution in [2.45, 2.75) is 24.4 Å². The van der Waals surface area contributed by atoms with Crippen LogP contribution in [0, 0.1) is 6.92 Å². The largest absolute Gasteiger partial charge is 0.454 e. The summed E-state index contributed by atoms with van der Waals surface area (Å²) in [5.41, 5.74) is 4.17. The third-order valence-corrected chi connectivity index (χ3v) is 6.74. The molecule has 29 heavy (non-hydrogen) atoms. The summed E-state index contributed by atoms with van der Waals surface area (Å²) in [5.74, 6) is 2.21. The second kappa shape index (κ2) is 7.57. The van der Waals surface area contributed by atoms with Gasteiger partial charge in [-0.1, -0.05) is 47.7 Å². The number of fused-ring (bicyclic) bond motifs is 2. The van der Waals surface area contributed by atoms with Gasteiger partial charge >= 0.3 is 0 Å². The molecule has 4 aromatic rings. The lowest BCUT2D eigenvalue weighted by Crippen LogP contribution is -2.23.